The van der Waals surface area contributed by atoms with E-state index in [1.54, 1.807) is 26.3 Å². The van der Waals surface area contributed by atoms with Crippen LogP contribution in [0.1, 0.15) is 127 Å². The van der Waals surface area contributed by atoms with E-state index < -0.39 is 18.3 Å². The number of anilines is 1. The van der Waals surface area contributed by atoms with E-state index in [0.717, 1.165) is 90.5 Å². The normalized spacial score (nSPS) is 19.5. The monoisotopic (exact) mass is 1040 g/mol. The zero-order valence-corrected chi connectivity index (χ0v) is 45.0. The Hall–Kier alpha value is -7.08. The number of aliphatic hydroxyl groups excluding tert-OH is 2. The van der Waals surface area contributed by atoms with Gasteiger partial charge >= 0.3 is 0 Å². The number of allylic oxidation sites excluding steroid dienone is 4. The number of aryl methyl sites for hydroxylation is 2. The number of benzene rings is 5. The van der Waals surface area contributed by atoms with Gasteiger partial charge in [-0.15, -0.1) is 0 Å². The number of ether oxygens (including phenoxy) is 4. The number of aromatic hydroxyl groups is 1. The van der Waals surface area contributed by atoms with E-state index in [2.05, 4.69) is 77.9 Å². The summed E-state index contributed by atoms with van der Waals surface area (Å²) >= 11 is 0. The number of ketones is 1. The lowest BCUT2D eigenvalue weighted by Crippen LogP contribution is -2.24. The fourth-order valence-electron chi connectivity index (χ4n) is 11.0. The Balaban J connectivity index is 1.15. The summed E-state index contributed by atoms with van der Waals surface area (Å²) in [5.41, 5.74) is 14.0. The number of aliphatic imine (C=N–C) groups is 1. The summed E-state index contributed by atoms with van der Waals surface area (Å²) in [6, 6.07) is 25.7. The quantitative estimate of drug-likeness (QED) is 0.0128. The third-order valence-corrected chi connectivity index (χ3v) is 15.1. The summed E-state index contributed by atoms with van der Waals surface area (Å²) in [6.45, 7) is 7.23. The number of aliphatic hydroxyl groups is 3. The van der Waals surface area contributed by atoms with Crippen molar-refractivity contribution >= 4 is 34.3 Å². The van der Waals surface area contributed by atoms with Crippen LogP contribution >= 0.6 is 0 Å². The molecule has 0 aromatic heterocycles. The van der Waals surface area contributed by atoms with E-state index in [-0.39, 0.29) is 60.1 Å². The Bertz CT molecular complexity index is 3040. The molecule has 2 aliphatic heterocycles. The molecule has 0 amide bonds. The Kier molecular flexibility index (Phi) is 19.9. The molecule has 2 aliphatic carbocycles. The SMILES string of the molecule is CCNCCCOCCc1cccc(C[C@H]2C#CO[C@@H](C[C@@H]3C=C(O)C=C[C@H]3CCCCc3cccc(NC(N)=NC)c3)CC(=O)CCc3ccc(OC)c(c3)OCc3c(C(O)O)cc4c2c(O)cc2c4c3C=C[C@@H]2C)c1. The van der Waals surface area contributed by atoms with Gasteiger partial charge in [0, 0.05) is 54.8 Å². The van der Waals surface area contributed by atoms with Crippen LogP contribution in [0.3, 0.4) is 0 Å². The number of guanidine groups is 1. The van der Waals surface area contributed by atoms with Crippen LogP contribution in [-0.4, -0.2) is 78.7 Å². The Labute approximate surface area is 453 Å². The van der Waals surface area contributed by atoms with E-state index in [0.29, 0.717) is 66.4 Å². The number of phenols is 1. The molecule has 6 bridgehead atoms. The van der Waals surface area contributed by atoms with Gasteiger partial charge in [0.25, 0.3) is 0 Å². The highest BCUT2D eigenvalue weighted by atomic mass is 16.5. The molecule has 4 aliphatic rings. The molecule has 13 nitrogen and oxygen atoms in total. The van der Waals surface area contributed by atoms with E-state index in [1.807, 2.05) is 60.7 Å². The standard InChI is InChI=1S/C64H76N4O9/c1-5-67-27-10-28-75-29-25-43-12-8-14-45(31-43)32-47-26-30-76-52(36-48-35-50(69)22-20-46(48)15-7-6-11-42-13-9-16-49(33-42)68-64(65)66-3)37-51(70)21-18-44-19-24-59(74-4)60(34-44)77-40-57-53-23-17-41(2)54-39-58(71)61(47)56(62(53)54)38-55(57)63(72)73/h8-9,12-14,16-17,19-20,22-24,31,33-35,38-39,41,46-48,52,63,67,69,71-73H,5-7,10-11,15,18,21,25,27-29,32,36-37,40H2,1-4H3,(H3,65,66,68)/t41-,46+,47+,48-,52-/m0/s1. The summed E-state index contributed by atoms with van der Waals surface area (Å²) < 4.78 is 24.9. The molecule has 2 heterocycles. The lowest BCUT2D eigenvalue weighted by atomic mass is 9.78. The number of carbonyl (C=O) groups excluding carboxylic acids is 1. The van der Waals surface area contributed by atoms with Gasteiger partial charge in [-0.25, -0.2) is 0 Å². The van der Waals surface area contributed by atoms with Crippen molar-refractivity contribution in [2.45, 2.75) is 115 Å². The number of hydrogen-bond acceptors (Lipinski definition) is 11. The van der Waals surface area contributed by atoms with Gasteiger partial charge in [-0.05, 0) is 169 Å². The highest BCUT2D eigenvalue weighted by Crippen LogP contribution is 2.47. The van der Waals surface area contributed by atoms with Crippen LogP contribution < -0.4 is 25.8 Å². The molecule has 13 heteroatoms. The van der Waals surface area contributed by atoms with E-state index in [4.69, 9.17) is 24.7 Å². The Morgan fingerprint density at radius 3 is 2.55 bits per heavy atom. The number of rotatable bonds is 20. The van der Waals surface area contributed by atoms with E-state index >= 15 is 0 Å². The lowest BCUT2D eigenvalue weighted by Gasteiger charge is -2.28. The van der Waals surface area contributed by atoms with Gasteiger partial charge in [0.05, 0.1) is 19.6 Å². The second kappa shape index (κ2) is 27.3. The van der Waals surface area contributed by atoms with Gasteiger partial charge in [0.1, 0.15) is 36.1 Å². The number of phenolic OH excluding ortho intramolecular Hbond substituents is 1. The summed E-state index contributed by atoms with van der Waals surface area (Å²) in [6.07, 6.45) is 17.2. The smallest absolute Gasteiger partial charge is 0.192 e. The molecule has 0 saturated heterocycles. The third kappa shape index (κ3) is 14.9. The molecule has 0 saturated carbocycles. The fourth-order valence-corrected chi connectivity index (χ4v) is 11.0. The van der Waals surface area contributed by atoms with Gasteiger partial charge in [0.15, 0.2) is 23.7 Å². The molecule has 9 rings (SSSR count). The zero-order valence-electron chi connectivity index (χ0n) is 45.0. The number of nitrogens with zero attached hydrogens (tertiary/aromatic N) is 1. The molecule has 8 N–H and O–H groups in total. The molecule has 5 aromatic carbocycles. The first-order valence-electron chi connectivity index (χ1n) is 27.3. The molecule has 5 aromatic rings. The molecule has 0 fully saturated rings. The number of methoxy groups -OCH3 is 1. The minimum atomic E-state index is -1.88. The van der Waals surface area contributed by atoms with Crippen LogP contribution in [0.15, 0.2) is 114 Å². The molecule has 77 heavy (non-hydrogen) atoms. The molecule has 406 valence electrons. The maximum atomic E-state index is 14.2. The summed E-state index contributed by atoms with van der Waals surface area (Å²) in [5.74, 6) is 4.16. The Morgan fingerprint density at radius 1 is 0.922 bits per heavy atom. The lowest BCUT2D eigenvalue weighted by molar-refractivity contribution is -0.121. The van der Waals surface area contributed by atoms with Crippen molar-refractivity contribution in [2.24, 2.45) is 22.6 Å². The highest BCUT2D eigenvalue weighted by molar-refractivity contribution is 6.01. The summed E-state index contributed by atoms with van der Waals surface area (Å²) in [7, 11) is 3.21. The number of fused-ring (bicyclic) bond motifs is 9. The van der Waals surface area contributed by atoms with Crippen molar-refractivity contribution in [3.8, 4) is 29.3 Å². The van der Waals surface area contributed by atoms with Gasteiger partial charge in [-0.2, -0.15) is 0 Å². The van der Waals surface area contributed by atoms with Crippen LogP contribution in [0.2, 0.25) is 0 Å². The molecule has 0 unspecified atom stereocenters. The van der Waals surface area contributed by atoms with Crippen molar-refractivity contribution < 1.29 is 44.2 Å². The number of unbranched alkanes of at least 4 members (excludes halogenated alkanes) is 1. The van der Waals surface area contributed by atoms with Crippen molar-refractivity contribution in [3.05, 3.63) is 159 Å². The number of Topliss-reactive ketones (excluding diaryl/α,β-unsaturated/α-hetero) is 1. The first-order chi connectivity index (χ1) is 37.4. The molecule has 0 radical (unpaired) electrons. The molecular formula is C64H76N4O9. The first kappa shape index (κ1) is 56.1. The summed E-state index contributed by atoms with van der Waals surface area (Å²) in [4.78, 5) is 18.2. The second-order valence-corrected chi connectivity index (χ2v) is 20.5. The largest absolute Gasteiger partial charge is 0.508 e. The van der Waals surface area contributed by atoms with Crippen molar-refractivity contribution in [1.29, 1.82) is 0 Å². The number of hydrogen-bond donors (Lipinski definition) is 7. The molecule has 0 spiro atoms. The van der Waals surface area contributed by atoms with Crippen LogP contribution in [0.4, 0.5) is 5.69 Å². The van der Waals surface area contributed by atoms with Crippen LogP contribution in [0, 0.1) is 23.9 Å². The maximum absolute atomic E-state index is 14.2. The average molecular weight is 1050 g/mol. The zero-order chi connectivity index (χ0) is 54.3. The predicted molar refractivity (Wildman–Crippen MR) is 305 cm³/mol. The first-order valence-corrected chi connectivity index (χ1v) is 27.3. The van der Waals surface area contributed by atoms with Crippen LogP contribution in [0.25, 0.3) is 16.8 Å². The van der Waals surface area contributed by atoms with Crippen LogP contribution in [-0.2, 0) is 46.6 Å². The predicted octanol–water partition coefficient (Wildman–Crippen LogP) is 10.8. The summed E-state index contributed by atoms with van der Waals surface area (Å²) in [5, 5.41) is 53.5. The Morgan fingerprint density at radius 2 is 1.74 bits per heavy atom. The van der Waals surface area contributed by atoms with Crippen molar-refractivity contribution in [1.82, 2.24) is 5.32 Å². The van der Waals surface area contributed by atoms with Crippen molar-refractivity contribution in [3.63, 3.8) is 0 Å². The number of carbonyl (C=O) groups is 1. The average Bonchev–Trinajstić information content (AvgIpc) is 3.44. The van der Waals surface area contributed by atoms with Gasteiger partial charge in [0.2, 0.25) is 0 Å². The minimum absolute atomic E-state index is 0.000717. The topological polar surface area (TPSA) is 197 Å². The van der Waals surface area contributed by atoms with Crippen LogP contribution in [0.5, 0.6) is 17.2 Å². The number of nitrogens with two attached hydrogens (primary N) is 1. The maximum Gasteiger partial charge on any atom is 0.192 e. The molecule has 5 atom stereocenters. The van der Waals surface area contributed by atoms with Gasteiger partial charge < -0.3 is 55.7 Å². The molecular weight excluding hydrogens is 969 g/mol. The minimum Gasteiger partial charge on any atom is -0.508 e. The van der Waals surface area contributed by atoms with Gasteiger partial charge in [-0.1, -0.05) is 86.9 Å². The van der Waals surface area contributed by atoms with E-state index in [9.17, 15) is 25.2 Å². The van der Waals surface area contributed by atoms with Crippen molar-refractivity contribution in [2.75, 3.05) is 45.8 Å². The third-order valence-electron chi connectivity index (χ3n) is 15.1. The fraction of sp³-hybridized carbons (Fsp3) is 0.406. The second-order valence-electron chi connectivity index (χ2n) is 20.5. The highest BCUT2D eigenvalue weighted by Gasteiger charge is 2.30. The number of nitrogens with one attached hydrogen (secondary N) is 2. The van der Waals surface area contributed by atoms with E-state index in [1.165, 1.54) is 5.56 Å². The van der Waals surface area contributed by atoms with Gasteiger partial charge in [-0.3, -0.25) is 9.79 Å².